The number of imidazole rings is 1. The lowest BCUT2D eigenvalue weighted by Gasteiger charge is -2.23. The number of nitrogens with two attached hydrogens (primary N) is 1. The van der Waals surface area contributed by atoms with Crippen molar-refractivity contribution in [3.63, 3.8) is 0 Å². The van der Waals surface area contributed by atoms with Gasteiger partial charge in [0, 0.05) is 25.0 Å². The summed E-state index contributed by atoms with van der Waals surface area (Å²) in [6, 6.07) is 9.26. The lowest BCUT2D eigenvalue weighted by molar-refractivity contribution is -0.119. The van der Waals surface area contributed by atoms with Gasteiger partial charge in [-0.05, 0) is 25.0 Å². The van der Waals surface area contributed by atoms with Gasteiger partial charge in [0.05, 0.1) is 11.3 Å². The SMILES string of the molecule is C=C(Cc1nc(-c2nc(N)c3c(n2)NC(=O)C3(C)c2ccccc2)cn2ccnc12)/C(F)=C(\C)F. The second-order valence-electron chi connectivity index (χ2n) is 8.46. The number of rotatable bonds is 5. The summed E-state index contributed by atoms with van der Waals surface area (Å²) in [5.41, 5.74) is 7.62. The van der Waals surface area contributed by atoms with Crippen molar-refractivity contribution in [2.75, 3.05) is 11.1 Å². The van der Waals surface area contributed by atoms with Crippen LogP contribution in [0.5, 0.6) is 0 Å². The number of carbonyl (C=O) groups is 1. The van der Waals surface area contributed by atoms with Crippen molar-refractivity contribution in [1.29, 1.82) is 0 Å². The standard InChI is InChI=1S/C25H21F2N7O/c1-13(19(27)14(2)26)11-16-23-29-9-10-34(23)12-17(30-16)21-31-20(28)18-22(32-21)33-24(35)25(18,3)15-7-5-4-6-8-15/h4-10,12H,1,11H2,2-3H3,(H3,28,31,32,33,35)/b19-14-. The highest BCUT2D eigenvalue weighted by Crippen LogP contribution is 2.44. The van der Waals surface area contributed by atoms with E-state index in [1.54, 1.807) is 29.9 Å². The summed E-state index contributed by atoms with van der Waals surface area (Å²) >= 11 is 0. The van der Waals surface area contributed by atoms with Crippen LogP contribution in [0.1, 0.15) is 30.7 Å². The first kappa shape index (κ1) is 22.3. The summed E-state index contributed by atoms with van der Waals surface area (Å²) in [5.74, 6) is -1.66. The number of nitrogens with one attached hydrogen (secondary N) is 1. The molecular weight excluding hydrogens is 452 g/mol. The molecule has 1 aromatic carbocycles. The highest BCUT2D eigenvalue weighted by Gasteiger charge is 2.47. The average molecular weight is 473 g/mol. The monoisotopic (exact) mass is 473 g/mol. The highest BCUT2D eigenvalue weighted by atomic mass is 19.2. The van der Waals surface area contributed by atoms with E-state index in [0.29, 0.717) is 28.4 Å². The normalized spacial score (nSPS) is 17.8. The van der Waals surface area contributed by atoms with Gasteiger partial charge in [0.2, 0.25) is 5.91 Å². The van der Waals surface area contributed by atoms with Crippen molar-refractivity contribution < 1.29 is 13.6 Å². The van der Waals surface area contributed by atoms with Crippen LogP contribution < -0.4 is 11.1 Å². The molecule has 0 saturated carbocycles. The van der Waals surface area contributed by atoms with Crippen LogP contribution in [0.2, 0.25) is 0 Å². The molecule has 3 aromatic heterocycles. The molecule has 10 heteroatoms. The minimum absolute atomic E-state index is 0.0696. The number of carbonyl (C=O) groups excluding carboxylic acids is 1. The topological polar surface area (TPSA) is 111 Å². The number of nitrogens with zero attached hydrogens (tertiary/aromatic N) is 5. The number of hydrogen-bond donors (Lipinski definition) is 2. The summed E-state index contributed by atoms with van der Waals surface area (Å²) in [7, 11) is 0. The van der Waals surface area contributed by atoms with E-state index in [-0.39, 0.29) is 29.5 Å². The molecule has 1 atom stereocenters. The zero-order valence-electron chi connectivity index (χ0n) is 19.0. The Morgan fingerprint density at radius 3 is 2.66 bits per heavy atom. The van der Waals surface area contributed by atoms with Crippen LogP contribution in [0.4, 0.5) is 20.4 Å². The van der Waals surface area contributed by atoms with Crippen LogP contribution in [0.3, 0.4) is 0 Å². The molecule has 0 spiro atoms. The van der Waals surface area contributed by atoms with Crippen molar-refractivity contribution in [1.82, 2.24) is 24.3 Å². The molecule has 0 aliphatic carbocycles. The molecule has 1 amide bonds. The van der Waals surface area contributed by atoms with Gasteiger partial charge in [-0.3, -0.25) is 4.79 Å². The van der Waals surface area contributed by atoms with E-state index in [1.165, 1.54) is 0 Å². The Morgan fingerprint density at radius 2 is 1.94 bits per heavy atom. The van der Waals surface area contributed by atoms with Crippen molar-refractivity contribution >= 4 is 23.2 Å². The summed E-state index contributed by atoms with van der Waals surface area (Å²) in [6.07, 6.45) is 4.81. The van der Waals surface area contributed by atoms with Gasteiger partial charge in [-0.15, -0.1) is 0 Å². The second-order valence-corrected chi connectivity index (χ2v) is 8.46. The van der Waals surface area contributed by atoms with E-state index in [0.717, 1.165) is 12.5 Å². The molecule has 176 valence electrons. The van der Waals surface area contributed by atoms with Gasteiger partial charge in [0.1, 0.15) is 28.6 Å². The minimum Gasteiger partial charge on any atom is -0.383 e. The fourth-order valence-electron chi connectivity index (χ4n) is 4.32. The number of benzene rings is 1. The van der Waals surface area contributed by atoms with E-state index >= 15 is 0 Å². The van der Waals surface area contributed by atoms with Gasteiger partial charge in [0.25, 0.3) is 0 Å². The van der Waals surface area contributed by atoms with Crippen LogP contribution in [0, 0.1) is 0 Å². The third-order valence-corrected chi connectivity index (χ3v) is 6.14. The molecule has 8 nitrogen and oxygen atoms in total. The Morgan fingerprint density at radius 1 is 1.20 bits per heavy atom. The van der Waals surface area contributed by atoms with Crippen LogP contribution in [0.15, 0.2) is 72.7 Å². The van der Waals surface area contributed by atoms with Crippen LogP contribution in [-0.2, 0) is 16.6 Å². The van der Waals surface area contributed by atoms with Crippen LogP contribution >= 0.6 is 0 Å². The summed E-state index contributed by atoms with van der Waals surface area (Å²) in [6.45, 7) is 6.43. The quantitative estimate of drug-likeness (QED) is 0.418. The van der Waals surface area contributed by atoms with E-state index < -0.39 is 17.1 Å². The first-order valence-electron chi connectivity index (χ1n) is 10.8. The fraction of sp³-hybridized carbons (Fsp3) is 0.160. The maximum absolute atomic E-state index is 14.1. The van der Waals surface area contributed by atoms with E-state index in [4.69, 9.17) is 5.73 Å². The van der Waals surface area contributed by atoms with Gasteiger partial charge in [-0.2, -0.15) is 0 Å². The number of hydrogen-bond acceptors (Lipinski definition) is 6. The van der Waals surface area contributed by atoms with Gasteiger partial charge in [-0.1, -0.05) is 36.9 Å². The second kappa shape index (κ2) is 8.08. The number of aromatic nitrogens is 5. The molecule has 5 rings (SSSR count). The molecule has 0 radical (unpaired) electrons. The van der Waals surface area contributed by atoms with Gasteiger partial charge >= 0.3 is 0 Å². The van der Waals surface area contributed by atoms with Gasteiger partial charge in [0.15, 0.2) is 17.3 Å². The Bertz CT molecular complexity index is 1540. The minimum atomic E-state index is -1.06. The smallest absolute Gasteiger partial charge is 0.240 e. The Hall–Kier alpha value is -4.47. The van der Waals surface area contributed by atoms with Crippen molar-refractivity contribution in [2.24, 2.45) is 0 Å². The summed E-state index contributed by atoms with van der Waals surface area (Å²) in [4.78, 5) is 30.9. The summed E-state index contributed by atoms with van der Waals surface area (Å²) < 4.78 is 29.1. The number of anilines is 2. The maximum Gasteiger partial charge on any atom is 0.240 e. The molecule has 35 heavy (non-hydrogen) atoms. The first-order chi connectivity index (χ1) is 16.7. The number of amides is 1. The largest absolute Gasteiger partial charge is 0.383 e. The zero-order valence-corrected chi connectivity index (χ0v) is 19.0. The number of fused-ring (bicyclic) bond motifs is 2. The van der Waals surface area contributed by atoms with Crippen molar-refractivity contribution in [3.8, 4) is 11.5 Å². The molecule has 0 bridgehead atoms. The Labute approximate surface area is 199 Å². The van der Waals surface area contributed by atoms with Crippen molar-refractivity contribution in [3.05, 3.63) is 89.5 Å². The van der Waals surface area contributed by atoms with Crippen LogP contribution in [0.25, 0.3) is 17.2 Å². The molecule has 1 unspecified atom stereocenters. The number of nitrogen functional groups attached to an aromatic ring is 1. The highest BCUT2D eigenvalue weighted by molar-refractivity contribution is 6.09. The fourth-order valence-corrected chi connectivity index (χ4v) is 4.32. The lowest BCUT2D eigenvalue weighted by Crippen LogP contribution is -2.32. The lowest BCUT2D eigenvalue weighted by atomic mass is 9.78. The van der Waals surface area contributed by atoms with E-state index in [9.17, 15) is 13.6 Å². The Kier molecular flexibility index (Phi) is 5.16. The predicted molar refractivity (Wildman–Crippen MR) is 128 cm³/mol. The van der Waals surface area contributed by atoms with Gasteiger partial charge in [-0.25, -0.2) is 28.7 Å². The molecule has 3 N–H and O–H groups in total. The molecule has 4 aromatic rings. The zero-order chi connectivity index (χ0) is 24.9. The molecule has 0 fully saturated rings. The van der Waals surface area contributed by atoms with Gasteiger partial charge < -0.3 is 15.5 Å². The Balaban J connectivity index is 1.62. The third kappa shape index (κ3) is 3.54. The van der Waals surface area contributed by atoms with Crippen molar-refractivity contribution in [2.45, 2.75) is 25.7 Å². The van der Waals surface area contributed by atoms with E-state index in [2.05, 4.69) is 31.8 Å². The first-order valence-corrected chi connectivity index (χ1v) is 10.8. The summed E-state index contributed by atoms with van der Waals surface area (Å²) in [5, 5.41) is 2.82. The van der Waals surface area contributed by atoms with E-state index in [1.807, 2.05) is 30.3 Å². The average Bonchev–Trinajstić information content (AvgIpc) is 3.42. The molecule has 0 saturated heterocycles. The number of allylic oxidation sites excluding steroid dienone is 3. The molecule has 1 aliphatic heterocycles. The third-order valence-electron chi connectivity index (χ3n) is 6.14. The number of halogens is 2. The van der Waals surface area contributed by atoms with Crippen LogP contribution in [-0.4, -0.2) is 30.2 Å². The predicted octanol–water partition coefficient (Wildman–Crippen LogP) is 4.30. The maximum atomic E-state index is 14.1. The molecular formula is C25H21F2N7O. The molecule has 1 aliphatic rings. The molecule has 4 heterocycles.